The molecule has 2 heterocycles. The van der Waals surface area contributed by atoms with Crippen LogP contribution in [0.15, 0.2) is 46.7 Å². The van der Waals surface area contributed by atoms with Crippen LogP contribution in [0.2, 0.25) is 0 Å². The number of amides is 1. The number of nitrogens with one attached hydrogen (secondary N) is 2. The molecule has 2 aromatic rings. The van der Waals surface area contributed by atoms with Crippen molar-refractivity contribution in [1.29, 1.82) is 0 Å². The predicted octanol–water partition coefficient (Wildman–Crippen LogP) is 2.51. The van der Waals surface area contributed by atoms with Gasteiger partial charge in [0.2, 0.25) is 5.91 Å². The van der Waals surface area contributed by atoms with Gasteiger partial charge in [0.1, 0.15) is 0 Å². The van der Waals surface area contributed by atoms with Crippen molar-refractivity contribution >= 4 is 23.4 Å². The first-order chi connectivity index (χ1) is 10.7. The second-order valence-electron chi connectivity index (χ2n) is 5.48. The first-order valence-electron chi connectivity index (χ1n) is 7.49. The van der Waals surface area contributed by atoms with Gasteiger partial charge >= 0.3 is 0 Å². The number of aromatic nitrogens is 2. The van der Waals surface area contributed by atoms with Crippen LogP contribution in [0.5, 0.6) is 0 Å². The summed E-state index contributed by atoms with van der Waals surface area (Å²) in [5.41, 5.74) is 0.847. The molecule has 1 unspecified atom stereocenters. The van der Waals surface area contributed by atoms with Crippen molar-refractivity contribution in [3.63, 3.8) is 0 Å². The highest BCUT2D eigenvalue weighted by atomic mass is 32.2. The largest absolute Gasteiger partial charge is 0.329 e. The number of benzene rings is 1. The minimum atomic E-state index is 0.0790. The number of aryl methyl sites for hydroxylation is 1. The van der Waals surface area contributed by atoms with E-state index < -0.39 is 0 Å². The Balaban J connectivity index is 1.59. The molecule has 1 fully saturated rings. The lowest BCUT2D eigenvalue weighted by Crippen LogP contribution is -2.37. The molecule has 2 N–H and O–H groups in total. The first kappa shape index (κ1) is 15.1. The quantitative estimate of drug-likeness (QED) is 0.910. The number of piperidine rings is 1. The van der Waals surface area contributed by atoms with Gasteiger partial charge in [0.25, 0.3) is 0 Å². The first-order valence-corrected chi connectivity index (χ1v) is 8.31. The third-order valence-electron chi connectivity index (χ3n) is 3.78. The third-order valence-corrected chi connectivity index (χ3v) is 4.86. The molecule has 116 valence electrons. The maximum Gasteiger partial charge on any atom is 0.228 e. The van der Waals surface area contributed by atoms with Crippen LogP contribution in [-0.2, 0) is 11.8 Å². The molecule has 1 amide bonds. The number of hydrogen-bond donors (Lipinski definition) is 2. The van der Waals surface area contributed by atoms with Gasteiger partial charge in [0, 0.05) is 36.6 Å². The van der Waals surface area contributed by atoms with Crippen molar-refractivity contribution in [3.05, 3.63) is 36.7 Å². The summed E-state index contributed by atoms with van der Waals surface area (Å²) >= 11 is 1.61. The van der Waals surface area contributed by atoms with Crippen LogP contribution < -0.4 is 10.6 Å². The van der Waals surface area contributed by atoms with Crippen LogP contribution in [0.25, 0.3) is 0 Å². The summed E-state index contributed by atoms with van der Waals surface area (Å²) in [6.45, 7) is 1.79. The molecule has 22 heavy (non-hydrogen) atoms. The second-order valence-corrected chi connectivity index (χ2v) is 6.52. The highest BCUT2D eigenvalue weighted by molar-refractivity contribution is 7.99. The van der Waals surface area contributed by atoms with E-state index >= 15 is 0 Å². The van der Waals surface area contributed by atoms with Crippen molar-refractivity contribution in [3.8, 4) is 0 Å². The van der Waals surface area contributed by atoms with E-state index in [0.717, 1.165) is 41.7 Å². The van der Waals surface area contributed by atoms with Gasteiger partial charge in [-0.3, -0.25) is 4.79 Å². The molecule has 5 nitrogen and oxygen atoms in total. The van der Waals surface area contributed by atoms with Crippen molar-refractivity contribution in [2.75, 3.05) is 18.4 Å². The molecule has 0 spiro atoms. The number of nitrogens with zero attached hydrogens (tertiary/aromatic N) is 2. The molecule has 1 saturated heterocycles. The van der Waals surface area contributed by atoms with E-state index in [1.54, 1.807) is 18.0 Å². The molecule has 1 aliphatic heterocycles. The molecular weight excluding hydrogens is 296 g/mol. The summed E-state index contributed by atoms with van der Waals surface area (Å²) in [7, 11) is 1.97. The summed E-state index contributed by atoms with van der Waals surface area (Å²) in [4.78, 5) is 17.6. The van der Waals surface area contributed by atoms with E-state index in [9.17, 15) is 4.79 Å². The topological polar surface area (TPSA) is 59.0 Å². The summed E-state index contributed by atoms with van der Waals surface area (Å²) in [5.74, 6) is 0.187. The summed E-state index contributed by atoms with van der Waals surface area (Å²) in [5, 5.41) is 7.22. The minimum Gasteiger partial charge on any atom is -0.329 e. The van der Waals surface area contributed by atoms with Crippen LogP contribution in [-0.4, -0.2) is 28.5 Å². The third kappa shape index (κ3) is 3.69. The molecule has 0 saturated carbocycles. The smallest absolute Gasteiger partial charge is 0.228 e. The van der Waals surface area contributed by atoms with Gasteiger partial charge in [0.05, 0.1) is 5.92 Å². The zero-order valence-corrected chi connectivity index (χ0v) is 13.4. The molecule has 0 aliphatic carbocycles. The van der Waals surface area contributed by atoms with Gasteiger partial charge in [-0.1, -0.05) is 11.8 Å². The van der Waals surface area contributed by atoms with E-state index in [4.69, 9.17) is 0 Å². The Labute approximate surface area is 134 Å². The number of anilines is 1. The van der Waals surface area contributed by atoms with Crippen molar-refractivity contribution in [1.82, 2.24) is 14.9 Å². The van der Waals surface area contributed by atoms with E-state index in [0.29, 0.717) is 0 Å². The Morgan fingerprint density at radius 1 is 1.41 bits per heavy atom. The number of imidazole rings is 1. The molecule has 0 radical (unpaired) electrons. The van der Waals surface area contributed by atoms with Gasteiger partial charge in [-0.25, -0.2) is 4.98 Å². The fraction of sp³-hybridized carbons (Fsp3) is 0.375. The number of hydrogen-bond acceptors (Lipinski definition) is 4. The van der Waals surface area contributed by atoms with E-state index in [-0.39, 0.29) is 11.8 Å². The average molecular weight is 316 g/mol. The van der Waals surface area contributed by atoms with Crippen molar-refractivity contribution < 1.29 is 4.79 Å². The monoisotopic (exact) mass is 316 g/mol. The summed E-state index contributed by atoms with van der Waals surface area (Å²) in [6.07, 6.45) is 5.74. The van der Waals surface area contributed by atoms with Gasteiger partial charge in [-0.15, -0.1) is 0 Å². The SMILES string of the molecule is Cn1ccnc1Sc1ccc(NC(=O)C2CCCNC2)cc1. The Morgan fingerprint density at radius 2 is 2.23 bits per heavy atom. The minimum absolute atomic E-state index is 0.0790. The van der Waals surface area contributed by atoms with Crippen molar-refractivity contribution in [2.45, 2.75) is 22.9 Å². The van der Waals surface area contributed by atoms with Crippen LogP contribution >= 0.6 is 11.8 Å². The Morgan fingerprint density at radius 3 is 2.86 bits per heavy atom. The summed E-state index contributed by atoms with van der Waals surface area (Å²) < 4.78 is 1.98. The molecule has 1 atom stereocenters. The van der Waals surface area contributed by atoms with E-state index in [1.165, 1.54) is 0 Å². The number of rotatable bonds is 4. The maximum absolute atomic E-state index is 12.2. The molecule has 1 aromatic heterocycles. The standard InChI is InChI=1S/C16H20N4OS/c1-20-10-9-18-16(20)22-14-6-4-13(5-7-14)19-15(21)12-3-2-8-17-11-12/h4-7,9-10,12,17H,2-3,8,11H2,1H3,(H,19,21). The van der Waals surface area contributed by atoms with Crippen LogP contribution in [0, 0.1) is 5.92 Å². The van der Waals surface area contributed by atoms with Crippen LogP contribution in [0.1, 0.15) is 12.8 Å². The van der Waals surface area contributed by atoms with Crippen molar-refractivity contribution in [2.24, 2.45) is 13.0 Å². The van der Waals surface area contributed by atoms with Crippen LogP contribution in [0.3, 0.4) is 0 Å². The normalized spacial score (nSPS) is 18.1. The molecular formula is C16H20N4OS. The fourth-order valence-electron chi connectivity index (χ4n) is 2.48. The van der Waals surface area contributed by atoms with E-state index in [2.05, 4.69) is 15.6 Å². The predicted molar refractivity (Wildman–Crippen MR) is 88.0 cm³/mol. The lowest BCUT2D eigenvalue weighted by molar-refractivity contribution is -0.120. The zero-order valence-electron chi connectivity index (χ0n) is 12.6. The molecule has 3 rings (SSSR count). The van der Waals surface area contributed by atoms with E-state index in [1.807, 2.05) is 42.1 Å². The van der Waals surface area contributed by atoms with Gasteiger partial charge < -0.3 is 15.2 Å². The molecule has 1 aromatic carbocycles. The molecule has 6 heteroatoms. The Hall–Kier alpha value is -1.79. The maximum atomic E-state index is 12.2. The lowest BCUT2D eigenvalue weighted by atomic mass is 9.99. The number of carbonyl (C=O) groups excluding carboxylic acids is 1. The summed E-state index contributed by atoms with van der Waals surface area (Å²) in [6, 6.07) is 7.90. The fourth-order valence-corrected chi connectivity index (χ4v) is 3.28. The highest BCUT2D eigenvalue weighted by Crippen LogP contribution is 2.27. The Bertz CT molecular complexity index is 632. The molecule has 0 bridgehead atoms. The van der Waals surface area contributed by atoms with Gasteiger partial charge in [-0.2, -0.15) is 0 Å². The zero-order chi connectivity index (χ0) is 15.4. The Kier molecular flexibility index (Phi) is 4.80. The second kappa shape index (κ2) is 6.98. The average Bonchev–Trinajstić information content (AvgIpc) is 2.95. The number of carbonyl (C=O) groups is 1. The van der Waals surface area contributed by atoms with Crippen LogP contribution in [0.4, 0.5) is 5.69 Å². The highest BCUT2D eigenvalue weighted by Gasteiger charge is 2.20. The lowest BCUT2D eigenvalue weighted by Gasteiger charge is -2.21. The molecule has 1 aliphatic rings. The van der Waals surface area contributed by atoms with Gasteiger partial charge in [-0.05, 0) is 43.7 Å². The van der Waals surface area contributed by atoms with Gasteiger partial charge in [0.15, 0.2) is 5.16 Å².